The van der Waals surface area contributed by atoms with Gasteiger partial charge in [0.15, 0.2) is 0 Å². The Morgan fingerprint density at radius 1 is 1.22 bits per heavy atom. The van der Waals surface area contributed by atoms with Crippen LogP contribution in [-0.2, 0) is 9.53 Å². The van der Waals surface area contributed by atoms with Crippen LogP contribution in [-0.4, -0.2) is 30.1 Å². The highest BCUT2D eigenvalue weighted by Crippen LogP contribution is 2.61. The molecule has 0 aromatic heterocycles. The summed E-state index contributed by atoms with van der Waals surface area (Å²) in [7, 11) is 1.46. The van der Waals surface area contributed by atoms with Gasteiger partial charge < -0.3 is 15.2 Å². The first-order valence-corrected chi connectivity index (χ1v) is 11.9. The number of anilines is 1. The van der Waals surface area contributed by atoms with Crippen molar-refractivity contribution in [2.45, 2.75) is 58.5 Å². The number of esters is 1. The largest absolute Gasteiger partial charge is 0.469 e. The standard InChI is InChI=1S/C27H33NO4/c1-26-12-10-17(29)14-16(26)8-9-18-20(26)11-13-27(2,25(31)32-3)21(18)15-23-24(30)19-6-4-5-7-22(19)28-23/h4-8,15,17-18,20-21,28-29H,9-14H2,1-3H3/b23-15+/t17-,18+,20-,21-,26-,27-/m0/s1. The molecule has 0 spiro atoms. The molecule has 1 aliphatic heterocycles. The molecule has 6 atom stereocenters. The lowest BCUT2D eigenvalue weighted by Gasteiger charge is -2.57. The van der Waals surface area contributed by atoms with Crippen LogP contribution >= 0.6 is 0 Å². The van der Waals surface area contributed by atoms with Gasteiger partial charge in [-0.1, -0.05) is 36.8 Å². The Balaban J connectivity index is 1.56. The highest BCUT2D eigenvalue weighted by Gasteiger charge is 2.57. The van der Waals surface area contributed by atoms with Crippen LogP contribution in [0, 0.1) is 28.6 Å². The number of carbonyl (C=O) groups is 2. The van der Waals surface area contributed by atoms with Gasteiger partial charge in [0.05, 0.1) is 24.3 Å². The van der Waals surface area contributed by atoms with Crippen molar-refractivity contribution in [3.8, 4) is 0 Å². The molecule has 0 bridgehead atoms. The second-order valence-corrected chi connectivity index (χ2v) is 10.6. The van der Waals surface area contributed by atoms with Crippen LogP contribution in [0.1, 0.15) is 62.7 Å². The average molecular weight is 436 g/mol. The molecule has 3 aliphatic carbocycles. The van der Waals surface area contributed by atoms with E-state index in [9.17, 15) is 14.7 Å². The first kappa shape index (κ1) is 21.4. The monoisotopic (exact) mass is 435 g/mol. The van der Waals surface area contributed by atoms with Gasteiger partial charge in [-0.2, -0.15) is 0 Å². The molecule has 2 fully saturated rings. The number of carbonyl (C=O) groups excluding carboxylic acids is 2. The van der Waals surface area contributed by atoms with E-state index in [1.54, 1.807) is 0 Å². The van der Waals surface area contributed by atoms with Gasteiger partial charge >= 0.3 is 5.97 Å². The zero-order valence-corrected chi connectivity index (χ0v) is 19.2. The van der Waals surface area contributed by atoms with E-state index in [4.69, 9.17) is 4.74 Å². The van der Waals surface area contributed by atoms with Crippen molar-refractivity contribution in [2.24, 2.45) is 28.6 Å². The van der Waals surface area contributed by atoms with Gasteiger partial charge in [0, 0.05) is 11.3 Å². The molecule has 2 N–H and O–H groups in total. The predicted molar refractivity (Wildman–Crippen MR) is 123 cm³/mol. The lowest BCUT2D eigenvalue weighted by atomic mass is 9.47. The van der Waals surface area contributed by atoms with Crippen molar-refractivity contribution < 1.29 is 19.4 Å². The van der Waals surface area contributed by atoms with Crippen LogP contribution in [0.25, 0.3) is 0 Å². The van der Waals surface area contributed by atoms with Crippen LogP contribution in [0.3, 0.4) is 0 Å². The zero-order valence-electron chi connectivity index (χ0n) is 19.2. The summed E-state index contributed by atoms with van der Waals surface area (Å²) in [6.45, 7) is 4.36. The molecule has 2 saturated carbocycles. The molecule has 4 aliphatic rings. The minimum absolute atomic E-state index is 0.00557. The second kappa shape index (κ2) is 7.58. The van der Waals surface area contributed by atoms with Crippen LogP contribution in [0.5, 0.6) is 0 Å². The fraction of sp³-hybridized carbons (Fsp3) is 0.556. The summed E-state index contributed by atoms with van der Waals surface area (Å²) in [5.41, 5.74) is 2.85. The molecule has 1 aromatic carbocycles. The van der Waals surface area contributed by atoms with Crippen molar-refractivity contribution in [1.82, 2.24) is 0 Å². The third-order valence-electron chi connectivity index (χ3n) is 9.01. The van der Waals surface area contributed by atoms with Crippen molar-refractivity contribution in [1.29, 1.82) is 0 Å². The van der Waals surface area contributed by atoms with Gasteiger partial charge in [0.1, 0.15) is 0 Å². The molecule has 0 saturated heterocycles. The Morgan fingerprint density at radius 2 is 2.00 bits per heavy atom. The van der Waals surface area contributed by atoms with E-state index >= 15 is 0 Å². The number of hydrogen-bond acceptors (Lipinski definition) is 5. The molecule has 170 valence electrons. The number of methoxy groups -OCH3 is 1. The Morgan fingerprint density at radius 3 is 2.75 bits per heavy atom. The molecule has 1 aromatic rings. The summed E-state index contributed by atoms with van der Waals surface area (Å²) >= 11 is 0. The van der Waals surface area contributed by atoms with Gasteiger partial charge in [0.2, 0.25) is 5.78 Å². The van der Waals surface area contributed by atoms with Gasteiger partial charge in [0.25, 0.3) is 0 Å². The molecule has 0 amide bonds. The number of ether oxygens (including phenoxy) is 1. The highest BCUT2D eigenvalue weighted by atomic mass is 16.5. The molecule has 5 heteroatoms. The lowest BCUT2D eigenvalue weighted by Crippen LogP contribution is -2.52. The van der Waals surface area contributed by atoms with Crippen molar-refractivity contribution >= 4 is 17.4 Å². The fourth-order valence-electron chi connectivity index (χ4n) is 7.11. The number of rotatable bonds is 2. The van der Waals surface area contributed by atoms with E-state index < -0.39 is 5.41 Å². The highest BCUT2D eigenvalue weighted by molar-refractivity contribution is 6.18. The summed E-state index contributed by atoms with van der Waals surface area (Å²) in [5, 5.41) is 13.6. The number of fused-ring (bicyclic) bond motifs is 4. The van der Waals surface area contributed by atoms with Gasteiger partial charge in [-0.25, -0.2) is 0 Å². The molecular formula is C27H33NO4. The summed E-state index contributed by atoms with van der Waals surface area (Å²) in [6.07, 6.45) is 9.23. The number of para-hydroxylation sites is 1. The average Bonchev–Trinajstić information content (AvgIpc) is 3.11. The van der Waals surface area contributed by atoms with E-state index in [2.05, 4.69) is 18.3 Å². The number of Topliss-reactive ketones (excluding diaryl/α,β-unsaturated/α-hetero) is 1. The van der Waals surface area contributed by atoms with E-state index in [1.165, 1.54) is 12.7 Å². The maximum absolute atomic E-state index is 13.1. The number of nitrogens with one attached hydrogen (secondary N) is 1. The quantitative estimate of drug-likeness (QED) is 0.393. The Kier molecular flexibility index (Phi) is 5.08. The molecular weight excluding hydrogens is 402 g/mol. The third kappa shape index (κ3) is 3.08. The third-order valence-corrected chi connectivity index (χ3v) is 9.01. The number of hydrogen-bond donors (Lipinski definition) is 2. The maximum Gasteiger partial charge on any atom is 0.312 e. The van der Waals surface area contributed by atoms with Gasteiger partial charge in [-0.3, -0.25) is 9.59 Å². The topological polar surface area (TPSA) is 75.6 Å². The van der Waals surface area contributed by atoms with Crippen molar-refractivity contribution in [2.75, 3.05) is 12.4 Å². The fourth-order valence-corrected chi connectivity index (χ4v) is 7.11. The lowest BCUT2D eigenvalue weighted by molar-refractivity contribution is -0.161. The van der Waals surface area contributed by atoms with Crippen LogP contribution in [0.15, 0.2) is 47.7 Å². The number of ketones is 1. The number of allylic oxidation sites excluding steroid dienone is 3. The number of aliphatic hydroxyl groups excluding tert-OH is 1. The summed E-state index contributed by atoms with van der Waals surface area (Å²) < 4.78 is 5.28. The molecule has 5 nitrogen and oxygen atoms in total. The maximum atomic E-state index is 13.1. The summed E-state index contributed by atoms with van der Waals surface area (Å²) in [5.74, 6) is 0.376. The van der Waals surface area contributed by atoms with E-state index in [0.29, 0.717) is 17.2 Å². The van der Waals surface area contributed by atoms with Gasteiger partial charge in [-0.15, -0.1) is 0 Å². The van der Waals surface area contributed by atoms with Gasteiger partial charge in [-0.05, 0) is 80.8 Å². The molecule has 1 heterocycles. The molecule has 32 heavy (non-hydrogen) atoms. The molecule has 0 unspecified atom stereocenters. The van der Waals surface area contributed by atoms with E-state index in [0.717, 1.165) is 44.2 Å². The second-order valence-electron chi connectivity index (χ2n) is 10.6. The van der Waals surface area contributed by atoms with Crippen molar-refractivity contribution in [3.63, 3.8) is 0 Å². The van der Waals surface area contributed by atoms with Crippen LogP contribution in [0.4, 0.5) is 5.69 Å². The normalized spacial score (nSPS) is 39.4. The first-order chi connectivity index (χ1) is 15.3. The van der Waals surface area contributed by atoms with E-state index in [1.807, 2.05) is 37.3 Å². The summed E-state index contributed by atoms with van der Waals surface area (Å²) in [6, 6.07) is 7.56. The number of aliphatic hydroxyl groups is 1. The minimum Gasteiger partial charge on any atom is -0.469 e. The minimum atomic E-state index is -0.671. The van der Waals surface area contributed by atoms with Crippen molar-refractivity contribution in [3.05, 3.63) is 53.3 Å². The zero-order chi connectivity index (χ0) is 22.7. The predicted octanol–water partition coefficient (Wildman–Crippen LogP) is 4.88. The number of benzene rings is 1. The Bertz CT molecular complexity index is 1030. The van der Waals surface area contributed by atoms with E-state index in [-0.39, 0.29) is 35.1 Å². The summed E-state index contributed by atoms with van der Waals surface area (Å²) in [4.78, 5) is 26.2. The SMILES string of the molecule is COC(=O)[C@@]1(C)CC[C@H]2[C@@H](CC=C3C[C@@H](O)CC[C@@]32C)[C@@H]1/C=C1/Nc2ccccc2C1=O. The smallest absolute Gasteiger partial charge is 0.312 e. The first-order valence-electron chi connectivity index (χ1n) is 11.9. The Labute approximate surface area is 189 Å². The molecule has 0 radical (unpaired) electrons. The van der Waals surface area contributed by atoms with Crippen LogP contribution in [0.2, 0.25) is 0 Å². The molecule has 5 rings (SSSR count). The van der Waals surface area contributed by atoms with Crippen LogP contribution < -0.4 is 5.32 Å². The Hall–Kier alpha value is -2.40.